The first-order valence-electron chi connectivity index (χ1n) is 13.0. The highest BCUT2D eigenvalue weighted by Crippen LogP contribution is 2.30. The quantitative estimate of drug-likeness (QED) is 0.296. The molecule has 0 bridgehead atoms. The first kappa shape index (κ1) is 26.5. The Kier molecular flexibility index (Phi) is 9.01. The van der Waals surface area contributed by atoms with Gasteiger partial charge in [-0.2, -0.15) is 0 Å². The van der Waals surface area contributed by atoms with E-state index in [0.717, 1.165) is 30.8 Å². The molecule has 0 aromatic heterocycles. The van der Waals surface area contributed by atoms with E-state index in [2.05, 4.69) is 59.6 Å². The van der Waals surface area contributed by atoms with E-state index in [1.807, 2.05) is 18.2 Å². The maximum atomic E-state index is 12.2. The molecule has 4 rings (SSSR count). The lowest BCUT2D eigenvalue weighted by Gasteiger charge is -2.23. The minimum absolute atomic E-state index is 0.123. The molecule has 7 heteroatoms. The summed E-state index contributed by atoms with van der Waals surface area (Å²) in [5, 5.41) is 6.36. The second kappa shape index (κ2) is 12.6. The standard InChI is InChI=1S/C30H36N2O5/c1-4-35-30(34)19-24-18-26(12-13-29(24)37-17-16-36-22(3)33)32-15-14-25(20-32)31-21(2)27-11-7-9-23-8-5-6-10-28(23)27/h5-13,18,21,25,31H,4,14-17,19-20H2,1-3H3/t21-,25+/m1/s1. The Morgan fingerprint density at radius 3 is 2.68 bits per heavy atom. The number of ether oxygens (including phenoxy) is 3. The fourth-order valence-corrected chi connectivity index (χ4v) is 4.95. The summed E-state index contributed by atoms with van der Waals surface area (Å²) in [7, 11) is 0. The number of nitrogens with zero attached hydrogens (tertiary/aromatic N) is 1. The Balaban J connectivity index is 1.43. The van der Waals surface area contributed by atoms with Gasteiger partial charge in [-0.15, -0.1) is 0 Å². The molecule has 196 valence electrons. The van der Waals surface area contributed by atoms with Gasteiger partial charge in [0, 0.05) is 43.3 Å². The maximum absolute atomic E-state index is 12.2. The SMILES string of the molecule is CCOC(=O)Cc1cc(N2CC[C@H](N[C@H](C)c3cccc4ccccc34)C2)ccc1OCCOC(C)=O. The lowest BCUT2D eigenvalue weighted by atomic mass is 9.99. The summed E-state index contributed by atoms with van der Waals surface area (Å²) in [4.78, 5) is 25.6. The number of hydrogen-bond acceptors (Lipinski definition) is 7. The van der Waals surface area contributed by atoms with Crippen molar-refractivity contribution in [2.24, 2.45) is 0 Å². The van der Waals surface area contributed by atoms with E-state index in [1.54, 1.807) is 6.92 Å². The van der Waals surface area contributed by atoms with Gasteiger partial charge in [0.15, 0.2) is 0 Å². The van der Waals surface area contributed by atoms with Gasteiger partial charge < -0.3 is 24.4 Å². The molecule has 0 radical (unpaired) electrons. The fraction of sp³-hybridized carbons (Fsp3) is 0.400. The molecule has 1 N–H and O–H groups in total. The average molecular weight is 505 g/mol. The molecule has 7 nitrogen and oxygen atoms in total. The Bertz CT molecular complexity index is 1220. The smallest absolute Gasteiger partial charge is 0.310 e. The van der Waals surface area contributed by atoms with Crippen LogP contribution in [0.5, 0.6) is 5.75 Å². The summed E-state index contributed by atoms with van der Waals surface area (Å²) < 4.78 is 16.0. The van der Waals surface area contributed by atoms with Crippen molar-refractivity contribution in [3.8, 4) is 5.75 Å². The van der Waals surface area contributed by atoms with Crippen molar-refractivity contribution in [1.82, 2.24) is 5.32 Å². The number of carbonyl (C=O) groups excluding carboxylic acids is 2. The van der Waals surface area contributed by atoms with Crippen LogP contribution in [-0.2, 0) is 25.5 Å². The number of rotatable bonds is 11. The number of esters is 2. The highest BCUT2D eigenvalue weighted by Gasteiger charge is 2.25. The summed E-state index contributed by atoms with van der Waals surface area (Å²) >= 11 is 0. The van der Waals surface area contributed by atoms with E-state index >= 15 is 0 Å². The third-order valence-electron chi connectivity index (χ3n) is 6.66. The van der Waals surface area contributed by atoms with Gasteiger partial charge in [-0.1, -0.05) is 42.5 Å². The molecule has 0 aliphatic carbocycles. The second-order valence-corrected chi connectivity index (χ2v) is 9.35. The van der Waals surface area contributed by atoms with Crippen molar-refractivity contribution in [3.05, 3.63) is 71.8 Å². The number of benzene rings is 3. The lowest BCUT2D eigenvalue weighted by molar-refractivity contribution is -0.142. The first-order chi connectivity index (χ1) is 17.9. The molecule has 2 atom stereocenters. The summed E-state index contributed by atoms with van der Waals surface area (Å²) in [5.74, 6) is -0.0468. The Morgan fingerprint density at radius 2 is 1.86 bits per heavy atom. The Hall–Kier alpha value is -3.58. The molecule has 37 heavy (non-hydrogen) atoms. The molecule has 3 aromatic carbocycles. The van der Waals surface area contributed by atoms with Gasteiger partial charge in [-0.3, -0.25) is 9.59 Å². The minimum atomic E-state index is -0.349. The molecule has 0 amide bonds. The summed E-state index contributed by atoms with van der Waals surface area (Å²) in [6, 6.07) is 21.5. The van der Waals surface area contributed by atoms with Crippen LogP contribution >= 0.6 is 0 Å². The van der Waals surface area contributed by atoms with Gasteiger partial charge in [0.2, 0.25) is 0 Å². The average Bonchev–Trinajstić information content (AvgIpc) is 3.35. The predicted molar refractivity (Wildman–Crippen MR) is 145 cm³/mol. The van der Waals surface area contributed by atoms with Crippen LogP contribution in [0.15, 0.2) is 60.7 Å². The molecular weight excluding hydrogens is 468 g/mol. The summed E-state index contributed by atoms with van der Waals surface area (Å²) in [6.45, 7) is 7.88. The van der Waals surface area contributed by atoms with E-state index in [0.29, 0.717) is 18.4 Å². The minimum Gasteiger partial charge on any atom is -0.490 e. The van der Waals surface area contributed by atoms with Crippen molar-refractivity contribution >= 4 is 28.4 Å². The zero-order valence-electron chi connectivity index (χ0n) is 21.9. The predicted octanol–water partition coefficient (Wildman–Crippen LogP) is 4.82. The van der Waals surface area contributed by atoms with Crippen LogP contribution in [0.3, 0.4) is 0 Å². The molecule has 1 aliphatic rings. The van der Waals surface area contributed by atoms with Crippen molar-refractivity contribution in [2.75, 3.05) is 37.8 Å². The van der Waals surface area contributed by atoms with Gasteiger partial charge in [0.05, 0.1) is 13.0 Å². The van der Waals surface area contributed by atoms with E-state index in [9.17, 15) is 9.59 Å². The highest BCUT2D eigenvalue weighted by atomic mass is 16.6. The number of nitrogens with one attached hydrogen (secondary N) is 1. The number of anilines is 1. The molecule has 0 saturated carbocycles. The van der Waals surface area contributed by atoms with Gasteiger partial charge in [0.1, 0.15) is 19.0 Å². The summed E-state index contributed by atoms with van der Waals surface area (Å²) in [5.41, 5.74) is 3.12. The third kappa shape index (κ3) is 7.01. The molecular formula is C30H36N2O5. The van der Waals surface area contributed by atoms with Crippen LogP contribution in [0, 0.1) is 0 Å². The number of hydrogen-bond donors (Lipinski definition) is 1. The number of carbonyl (C=O) groups is 2. The van der Waals surface area contributed by atoms with Gasteiger partial charge in [0.25, 0.3) is 0 Å². The molecule has 0 spiro atoms. The van der Waals surface area contributed by atoms with E-state index in [4.69, 9.17) is 14.2 Å². The summed E-state index contributed by atoms with van der Waals surface area (Å²) in [6.07, 6.45) is 1.15. The Labute approximate surface area is 218 Å². The fourth-order valence-electron chi connectivity index (χ4n) is 4.95. The lowest BCUT2D eigenvalue weighted by Crippen LogP contribution is -2.34. The highest BCUT2D eigenvalue weighted by molar-refractivity contribution is 5.86. The van der Waals surface area contributed by atoms with E-state index in [1.165, 1.54) is 23.3 Å². The number of fused-ring (bicyclic) bond motifs is 1. The van der Waals surface area contributed by atoms with Crippen LogP contribution in [0.25, 0.3) is 10.8 Å². The molecule has 1 fully saturated rings. The Morgan fingerprint density at radius 1 is 1.05 bits per heavy atom. The van der Waals surface area contributed by atoms with Crippen LogP contribution in [0.1, 0.15) is 44.4 Å². The zero-order valence-corrected chi connectivity index (χ0v) is 21.9. The van der Waals surface area contributed by atoms with Crippen LogP contribution < -0.4 is 15.0 Å². The molecule has 1 saturated heterocycles. The van der Waals surface area contributed by atoms with E-state index in [-0.39, 0.29) is 37.6 Å². The van der Waals surface area contributed by atoms with Crippen LogP contribution in [0.2, 0.25) is 0 Å². The third-order valence-corrected chi connectivity index (χ3v) is 6.66. The molecule has 1 heterocycles. The molecule has 1 aliphatic heterocycles. The van der Waals surface area contributed by atoms with E-state index < -0.39 is 0 Å². The van der Waals surface area contributed by atoms with Crippen LogP contribution in [0.4, 0.5) is 5.69 Å². The maximum Gasteiger partial charge on any atom is 0.310 e. The van der Waals surface area contributed by atoms with Crippen molar-refractivity contribution < 1.29 is 23.8 Å². The van der Waals surface area contributed by atoms with Gasteiger partial charge in [-0.25, -0.2) is 0 Å². The van der Waals surface area contributed by atoms with Gasteiger partial charge >= 0.3 is 11.9 Å². The molecule has 0 unspecified atom stereocenters. The largest absolute Gasteiger partial charge is 0.490 e. The molecule has 3 aromatic rings. The van der Waals surface area contributed by atoms with Crippen molar-refractivity contribution in [3.63, 3.8) is 0 Å². The van der Waals surface area contributed by atoms with Gasteiger partial charge in [-0.05, 0) is 54.8 Å². The second-order valence-electron chi connectivity index (χ2n) is 9.35. The van der Waals surface area contributed by atoms with Crippen molar-refractivity contribution in [2.45, 2.75) is 45.7 Å². The zero-order chi connectivity index (χ0) is 26.2. The topological polar surface area (TPSA) is 77.1 Å². The van der Waals surface area contributed by atoms with Crippen molar-refractivity contribution in [1.29, 1.82) is 0 Å². The van der Waals surface area contributed by atoms with Crippen LogP contribution in [-0.4, -0.2) is 50.9 Å². The monoisotopic (exact) mass is 504 g/mol. The first-order valence-corrected chi connectivity index (χ1v) is 13.0. The normalized spacial score (nSPS) is 16.0.